The maximum atomic E-state index is 6.35. The van der Waals surface area contributed by atoms with E-state index in [1.807, 2.05) is 0 Å². The Kier molecular flexibility index (Phi) is 5.34. The molecule has 1 atom stereocenters. The molecule has 0 heterocycles. The number of hydrogen-bond acceptors (Lipinski definition) is 0. The first-order chi connectivity index (χ1) is 7.49. The van der Waals surface area contributed by atoms with Crippen LogP contribution in [0.4, 0.5) is 0 Å². The van der Waals surface area contributed by atoms with Crippen molar-refractivity contribution in [2.24, 2.45) is 5.92 Å². The summed E-state index contributed by atoms with van der Waals surface area (Å²) in [6, 6.07) is 6.66. The van der Waals surface area contributed by atoms with Crippen LogP contribution in [0.5, 0.6) is 0 Å². The lowest BCUT2D eigenvalue weighted by molar-refractivity contribution is 0.541. The summed E-state index contributed by atoms with van der Waals surface area (Å²) >= 11 is 6.35. The summed E-state index contributed by atoms with van der Waals surface area (Å²) in [6.45, 7) is 8.81. The highest BCUT2D eigenvalue weighted by Gasteiger charge is 2.07. The van der Waals surface area contributed by atoms with Gasteiger partial charge in [0, 0.05) is 5.38 Å². The highest BCUT2D eigenvalue weighted by Crippen LogP contribution is 2.18. The first kappa shape index (κ1) is 13.6. The fourth-order valence-electron chi connectivity index (χ4n) is 1.80. The van der Waals surface area contributed by atoms with Gasteiger partial charge in [-0.3, -0.25) is 0 Å². The molecule has 16 heavy (non-hydrogen) atoms. The molecule has 0 aliphatic heterocycles. The van der Waals surface area contributed by atoms with E-state index in [9.17, 15) is 0 Å². The van der Waals surface area contributed by atoms with Gasteiger partial charge in [0.05, 0.1) is 0 Å². The van der Waals surface area contributed by atoms with Crippen molar-refractivity contribution in [1.82, 2.24) is 0 Å². The lowest BCUT2D eigenvalue weighted by Gasteiger charge is -2.12. The van der Waals surface area contributed by atoms with Gasteiger partial charge >= 0.3 is 0 Å². The van der Waals surface area contributed by atoms with E-state index in [-0.39, 0.29) is 5.38 Å². The summed E-state index contributed by atoms with van der Waals surface area (Å²) in [5.74, 6) is 0.751. The van der Waals surface area contributed by atoms with Crippen LogP contribution in [0, 0.1) is 19.8 Å². The molecular weight excluding hydrogens is 216 g/mol. The Balaban J connectivity index is 2.49. The summed E-state index contributed by atoms with van der Waals surface area (Å²) in [5, 5.41) is 0.282. The van der Waals surface area contributed by atoms with Gasteiger partial charge < -0.3 is 0 Å². The van der Waals surface area contributed by atoms with Crippen molar-refractivity contribution in [2.45, 2.75) is 52.3 Å². The predicted molar refractivity (Wildman–Crippen MR) is 73.3 cm³/mol. The molecule has 1 rings (SSSR count). The van der Waals surface area contributed by atoms with Crippen molar-refractivity contribution >= 4 is 11.6 Å². The van der Waals surface area contributed by atoms with Crippen molar-refractivity contribution < 1.29 is 0 Å². The van der Waals surface area contributed by atoms with E-state index in [0.717, 1.165) is 18.8 Å². The summed E-state index contributed by atoms with van der Waals surface area (Å²) < 4.78 is 0. The molecule has 1 heteroatoms. The third kappa shape index (κ3) is 4.57. The second-order valence-electron chi connectivity index (χ2n) is 5.19. The molecule has 0 fully saturated rings. The summed E-state index contributed by atoms with van der Waals surface area (Å²) in [5.41, 5.74) is 4.09. The van der Waals surface area contributed by atoms with Crippen LogP contribution >= 0.6 is 11.6 Å². The van der Waals surface area contributed by atoms with Gasteiger partial charge in [0.25, 0.3) is 0 Å². The van der Waals surface area contributed by atoms with Gasteiger partial charge in [-0.2, -0.15) is 0 Å². The first-order valence-corrected chi connectivity index (χ1v) is 6.63. The molecule has 0 nitrogen and oxygen atoms in total. The van der Waals surface area contributed by atoms with E-state index < -0.39 is 0 Å². The maximum absolute atomic E-state index is 6.35. The van der Waals surface area contributed by atoms with Gasteiger partial charge in [0.15, 0.2) is 0 Å². The fourth-order valence-corrected chi connectivity index (χ4v) is 2.11. The van der Waals surface area contributed by atoms with Crippen LogP contribution in [-0.2, 0) is 6.42 Å². The Morgan fingerprint density at radius 1 is 1.06 bits per heavy atom. The zero-order chi connectivity index (χ0) is 12.1. The van der Waals surface area contributed by atoms with E-state index in [4.69, 9.17) is 11.6 Å². The quantitative estimate of drug-likeness (QED) is 0.641. The third-order valence-corrected chi connectivity index (χ3v) is 3.46. The molecule has 0 aliphatic carbocycles. The minimum Gasteiger partial charge on any atom is -0.123 e. The van der Waals surface area contributed by atoms with Crippen LogP contribution in [0.15, 0.2) is 18.2 Å². The molecule has 0 saturated heterocycles. The van der Waals surface area contributed by atoms with E-state index in [0.29, 0.717) is 0 Å². The minimum atomic E-state index is 0.282. The zero-order valence-electron chi connectivity index (χ0n) is 10.9. The average Bonchev–Trinajstić information content (AvgIpc) is 2.21. The molecule has 0 amide bonds. The highest BCUT2D eigenvalue weighted by atomic mass is 35.5. The van der Waals surface area contributed by atoms with E-state index in [1.54, 1.807) is 0 Å². The summed E-state index contributed by atoms with van der Waals surface area (Å²) in [7, 11) is 0. The molecule has 0 N–H and O–H groups in total. The van der Waals surface area contributed by atoms with Crippen LogP contribution in [0.2, 0.25) is 0 Å². The number of hydrogen-bond donors (Lipinski definition) is 0. The first-order valence-electron chi connectivity index (χ1n) is 6.19. The Labute approximate surface area is 105 Å². The molecule has 1 unspecified atom stereocenters. The number of rotatable bonds is 5. The Morgan fingerprint density at radius 2 is 1.75 bits per heavy atom. The van der Waals surface area contributed by atoms with Gasteiger partial charge in [-0.15, -0.1) is 11.6 Å². The Bertz CT molecular complexity index is 328. The highest BCUT2D eigenvalue weighted by molar-refractivity contribution is 6.20. The summed E-state index contributed by atoms with van der Waals surface area (Å²) in [4.78, 5) is 0. The van der Waals surface area contributed by atoms with Crippen LogP contribution in [0.25, 0.3) is 0 Å². The third-order valence-electron chi connectivity index (χ3n) is 3.09. The predicted octanol–water partition coefficient (Wildman–Crippen LogP) is 4.89. The topological polar surface area (TPSA) is 0 Å². The number of halogens is 1. The van der Waals surface area contributed by atoms with Gasteiger partial charge in [-0.05, 0) is 55.7 Å². The van der Waals surface area contributed by atoms with Crippen LogP contribution in [0.1, 0.15) is 43.4 Å². The van der Waals surface area contributed by atoms with Crippen molar-refractivity contribution in [3.8, 4) is 0 Å². The molecule has 1 aromatic rings. The minimum absolute atomic E-state index is 0.282. The van der Waals surface area contributed by atoms with Crippen molar-refractivity contribution in [3.05, 3.63) is 34.9 Å². The van der Waals surface area contributed by atoms with Crippen molar-refractivity contribution in [1.29, 1.82) is 0 Å². The number of benzene rings is 1. The van der Waals surface area contributed by atoms with Crippen LogP contribution < -0.4 is 0 Å². The van der Waals surface area contributed by atoms with E-state index in [2.05, 4.69) is 45.9 Å². The lowest BCUT2D eigenvalue weighted by atomic mass is 9.99. The van der Waals surface area contributed by atoms with Crippen molar-refractivity contribution in [2.75, 3.05) is 0 Å². The smallest absolute Gasteiger partial charge is 0.0376 e. The molecule has 0 saturated carbocycles. The normalized spacial score (nSPS) is 13.1. The zero-order valence-corrected chi connectivity index (χ0v) is 11.6. The lowest BCUT2D eigenvalue weighted by Crippen LogP contribution is -2.05. The largest absolute Gasteiger partial charge is 0.123 e. The van der Waals surface area contributed by atoms with E-state index in [1.165, 1.54) is 23.1 Å². The Hall–Kier alpha value is -0.490. The molecule has 0 aromatic heterocycles. The summed E-state index contributed by atoms with van der Waals surface area (Å²) in [6.07, 6.45) is 3.33. The standard InChI is InChI=1S/C15H23Cl/c1-11(2)5-8-15(16)10-14-7-6-12(3)13(4)9-14/h6-7,9,11,15H,5,8,10H2,1-4H3. The monoisotopic (exact) mass is 238 g/mol. The molecular formula is C15H23Cl. The van der Waals surface area contributed by atoms with Gasteiger partial charge in [0.1, 0.15) is 0 Å². The number of aryl methyl sites for hydroxylation is 2. The molecule has 0 radical (unpaired) electrons. The van der Waals surface area contributed by atoms with Crippen molar-refractivity contribution in [3.63, 3.8) is 0 Å². The van der Waals surface area contributed by atoms with Gasteiger partial charge in [-0.25, -0.2) is 0 Å². The van der Waals surface area contributed by atoms with Gasteiger partial charge in [0.2, 0.25) is 0 Å². The van der Waals surface area contributed by atoms with Crippen LogP contribution in [0.3, 0.4) is 0 Å². The second kappa shape index (κ2) is 6.30. The van der Waals surface area contributed by atoms with E-state index >= 15 is 0 Å². The average molecular weight is 239 g/mol. The molecule has 0 aliphatic rings. The second-order valence-corrected chi connectivity index (χ2v) is 5.81. The fraction of sp³-hybridized carbons (Fsp3) is 0.600. The molecule has 1 aromatic carbocycles. The SMILES string of the molecule is Cc1ccc(CC(Cl)CCC(C)C)cc1C. The number of alkyl halides is 1. The van der Waals surface area contributed by atoms with Crippen LogP contribution in [-0.4, -0.2) is 5.38 Å². The Morgan fingerprint density at radius 3 is 2.31 bits per heavy atom. The molecule has 0 bridgehead atoms. The van der Waals surface area contributed by atoms with Gasteiger partial charge in [-0.1, -0.05) is 32.0 Å². The molecule has 90 valence electrons. The maximum Gasteiger partial charge on any atom is 0.0376 e. The molecule has 0 spiro atoms.